The lowest BCUT2D eigenvalue weighted by Gasteiger charge is -2.22. The number of nitrogens with zero attached hydrogens (tertiary/aromatic N) is 2. The number of aryl methyl sites for hydroxylation is 1. The molecule has 0 aliphatic rings. The van der Waals surface area contributed by atoms with Gasteiger partial charge >= 0.3 is 0 Å². The van der Waals surface area contributed by atoms with Crippen LogP contribution in [-0.4, -0.2) is 55.7 Å². The lowest BCUT2D eigenvalue weighted by Crippen LogP contribution is -2.35. The highest BCUT2D eigenvalue weighted by Crippen LogP contribution is 2.31. The van der Waals surface area contributed by atoms with Crippen LogP contribution in [0.5, 0.6) is 0 Å². The predicted molar refractivity (Wildman–Crippen MR) is 109 cm³/mol. The molecule has 0 saturated carbocycles. The zero-order chi connectivity index (χ0) is 18.6. The van der Waals surface area contributed by atoms with Gasteiger partial charge in [-0.25, -0.2) is 0 Å². The maximum Gasteiger partial charge on any atom is 0.0504 e. The van der Waals surface area contributed by atoms with E-state index in [1.807, 2.05) is 7.05 Å². The van der Waals surface area contributed by atoms with Crippen molar-refractivity contribution in [3.63, 3.8) is 0 Å². The highest BCUT2D eigenvalue weighted by atomic mass is 15.2. The fourth-order valence-corrected chi connectivity index (χ4v) is 3.41. The van der Waals surface area contributed by atoms with Crippen LogP contribution in [0, 0.1) is 12.3 Å². The van der Waals surface area contributed by atoms with Gasteiger partial charge in [0.15, 0.2) is 0 Å². The maximum absolute atomic E-state index is 3.66. The second-order valence-electron chi connectivity index (χ2n) is 8.63. The molecular weight excluding hydrogens is 308 g/mol. The van der Waals surface area contributed by atoms with Gasteiger partial charge in [0.2, 0.25) is 0 Å². The molecule has 0 fully saturated rings. The maximum atomic E-state index is 3.66. The Bertz CT molecular complexity index is 681. The molecule has 2 aromatic rings. The Morgan fingerprint density at radius 2 is 1.76 bits per heavy atom. The number of aromatic amines is 1. The van der Waals surface area contributed by atoms with Crippen LogP contribution in [0.4, 0.5) is 0 Å². The van der Waals surface area contributed by atoms with Gasteiger partial charge in [0.1, 0.15) is 0 Å². The number of benzene rings is 1. The number of fused-ring (bicyclic) bond motifs is 1. The third kappa shape index (κ3) is 5.56. The van der Waals surface area contributed by atoms with Crippen LogP contribution in [0.25, 0.3) is 10.9 Å². The number of nitrogens with one attached hydrogen (secondary N) is 2. The second kappa shape index (κ2) is 8.35. The molecule has 140 valence electrons. The van der Waals surface area contributed by atoms with Crippen LogP contribution in [0.1, 0.15) is 37.6 Å². The van der Waals surface area contributed by atoms with E-state index in [0.717, 1.165) is 32.7 Å². The first kappa shape index (κ1) is 20.0. The van der Waals surface area contributed by atoms with Crippen LogP contribution in [0.3, 0.4) is 0 Å². The Morgan fingerprint density at radius 3 is 2.40 bits per heavy atom. The molecule has 0 amide bonds. The van der Waals surface area contributed by atoms with E-state index in [1.165, 1.54) is 27.7 Å². The normalized spacial score (nSPS) is 12.7. The molecule has 4 nitrogen and oxygen atoms in total. The van der Waals surface area contributed by atoms with Gasteiger partial charge in [-0.2, -0.15) is 0 Å². The minimum Gasteiger partial charge on any atom is -0.358 e. The average Bonchev–Trinajstić information content (AvgIpc) is 2.81. The van der Waals surface area contributed by atoms with E-state index in [9.17, 15) is 0 Å². The van der Waals surface area contributed by atoms with E-state index in [-0.39, 0.29) is 0 Å². The van der Waals surface area contributed by atoms with Crippen molar-refractivity contribution in [2.45, 2.75) is 40.7 Å². The first-order valence-corrected chi connectivity index (χ1v) is 9.32. The molecule has 2 rings (SSSR count). The number of hydrogen-bond donors (Lipinski definition) is 2. The summed E-state index contributed by atoms with van der Waals surface area (Å²) in [4.78, 5) is 8.37. The number of H-pyrrole nitrogens is 1. The zero-order valence-corrected chi connectivity index (χ0v) is 17.2. The van der Waals surface area contributed by atoms with Crippen LogP contribution in [-0.2, 0) is 13.0 Å². The Balaban J connectivity index is 2.15. The first-order chi connectivity index (χ1) is 11.7. The fourth-order valence-electron chi connectivity index (χ4n) is 3.41. The Kier molecular flexibility index (Phi) is 6.66. The van der Waals surface area contributed by atoms with Crippen molar-refractivity contribution in [2.24, 2.45) is 5.41 Å². The van der Waals surface area contributed by atoms with Crippen LogP contribution >= 0.6 is 0 Å². The van der Waals surface area contributed by atoms with Gasteiger partial charge in [0, 0.05) is 37.4 Å². The lowest BCUT2D eigenvalue weighted by molar-refractivity contribution is 0.245. The lowest BCUT2D eigenvalue weighted by atomic mass is 9.87. The van der Waals surface area contributed by atoms with E-state index in [0.29, 0.717) is 5.41 Å². The summed E-state index contributed by atoms with van der Waals surface area (Å²) in [5.41, 5.74) is 5.79. The quantitative estimate of drug-likeness (QED) is 0.718. The largest absolute Gasteiger partial charge is 0.358 e. The molecule has 25 heavy (non-hydrogen) atoms. The summed E-state index contributed by atoms with van der Waals surface area (Å²) < 4.78 is 0. The van der Waals surface area contributed by atoms with Crippen molar-refractivity contribution in [2.75, 3.05) is 40.9 Å². The minimum absolute atomic E-state index is 0.296. The smallest absolute Gasteiger partial charge is 0.0504 e. The molecule has 0 radical (unpaired) electrons. The third-order valence-corrected chi connectivity index (χ3v) is 4.68. The summed E-state index contributed by atoms with van der Waals surface area (Å²) in [5, 5.41) is 4.59. The average molecular weight is 345 g/mol. The summed E-state index contributed by atoms with van der Waals surface area (Å²) in [6.07, 6.45) is 1.10. The second-order valence-corrected chi connectivity index (χ2v) is 8.63. The number of para-hydroxylation sites is 1. The van der Waals surface area contributed by atoms with Gasteiger partial charge < -0.3 is 15.2 Å². The molecule has 1 aromatic carbocycles. The molecule has 0 saturated heterocycles. The summed E-state index contributed by atoms with van der Waals surface area (Å²) in [6.45, 7) is 13.2. The Hall–Kier alpha value is -1.36. The van der Waals surface area contributed by atoms with Gasteiger partial charge in [-0.15, -0.1) is 0 Å². The molecule has 0 atom stereocenters. The monoisotopic (exact) mass is 344 g/mol. The molecule has 4 heteroatoms. The molecular formula is C21H36N4. The molecule has 0 aliphatic heterocycles. The molecule has 0 unspecified atom stereocenters. The van der Waals surface area contributed by atoms with Crippen molar-refractivity contribution in [3.05, 3.63) is 35.0 Å². The van der Waals surface area contributed by atoms with E-state index < -0.39 is 0 Å². The molecule has 0 bridgehead atoms. The van der Waals surface area contributed by atoms with Gasteiger partial charge in [-0.3, -0.25) is 4.90 Å². The van der Waals surface area contributed by atoms with Crippen LogP contribution in [0.2, 0.25) is 0 Å². The third-order valence-electron chi connectivity index (χ3n) is 4.68. The van der Waals surface area contributed by atoms with Crippen molar-refractivity contribution in [1.82, 2.24) is 20.1 Å². The predicted octanol–water partition coefficient (Wildman–Crippen LogP) is 3.61. The minimum atomic E-state index is 0.296. The van der Waals surface area contributed by atoms with Gasteiger partial charge in [0.05, 0.1) is 5.52 Å². The summed E-state index contributed by atoms with van der Waals surface area (Å²) in [6, 6.07) is 6.73. The first-order valence-electron chi connectivity index (χ1n) is 9.32. The molecule has 2 N–H and O–H groups in total. The van der Waals surface area contributed by atoms with Gasteiger partial charge in [-0.1, -0.05) is 39.0 Å². The summed E-state index contributed by atoms with van der Waals surface area (Å²) >= 11 is 0. The number of aromatic nitrogens is 1. The summed E-state index contributed by atoms with van der Waals surface area (Å²) in [7, 11) is 6.35. The van der Waals surface area contributed by atoms with Crippen molar-refractivity contribution in [1.29, 1.82) is 0 Å². The van der Waals surface area contributed by atoms with Gasteiger partial charge in [-0.05, 0) is 51.0 Å². The molecule has 1 heterocycles. The highest BCUT2D eigenvalue weighted by Gasteiger charge is 2.18. The summed E-state index contributed by atoms with van der Waals surface area (Å²) in [5.74, 6) is 0. The molecule has 0 aliphatic carbocycles. The van der Waals surface area contributed by atoms with Crippen molar-refractivity contribution in [3.8, 4) is 0 Å². The van der Waals surface area contributed by atoms with E-state index in [1.54, 1.807) is 0 Å². The standard InChI is InChI=1S/C21H36N4/c1-16-19(13-21(2,3)4)18-10-8-9-17(20(18)23-16)14-24(6)11-12-25(7)15-22-5/h8-10,22-23H,11-15H2,1-7H3. The van der Waals surface area contributed by atoms with Crippen LogP contribution in [0.15, 0.2) is 18.2 Å². The Labute approximate surface area is 153 Å². The topological polar surface area (TPSA) is 34.3 Å². The molecule has 1 aromatic heterocycles. The zero-order valence-electron chi connectivity index (χ0n) is 17.2. The Morgan fingerprint density at radius 1 is 1.08 bits per heavy atom. The number of hydrogen-bond acceptors (Lipinski definition) is 3. The van der Waals surface area contributed by atoms with E-state index in [4.69, 9.17) is 0 Å². The fraction of sp³-hybridized carbons (Fsp3) is 0.619. The van der Waals surface area contributed by atoms with E-state index in [2.05, 4.69) is 80.1 Å². The molecule has 0 spiro atoms. The van der Waals surface area contributed by atoms with Gasteiger partial charge in [0.25, 0.3) is 0 Å². The number of rotatable bonds is 8. The SMILES string of the molecule is CNCN(C)CCN(C)Cc1cccc2c(CC(C)(C)C)c(C)[nH]c12. The van der Waals surface area contributed by atoms with Crippen molar-refractivity contribution < 1.29 is 0 Å². The van der Waals surface area contributed by atoms with Crippen molar-refractivity contribution >= 4 is 10.9 Å². The van der Waals surface area contributed by atoms with E-state index >= 15 is 0 Å². The number of likely N-dealkylation sites (N-methyl/N-ethyl adjacent to an activating group) is 2. The van der Waals surface area contributed by atoms with Crippen LogP contribution < -0.4 is 5.32 Å². The highest BCUT2D eigenvalue weighted by molar-refractivity contribution is 5.87.